The molecule has 1 atom stereocenters. The molecule has 0 amide bonds. The Morgan fingerprint density at radius 1 is 0.944 bits per heavy atom. The highest BCUT2D eigenvalue weighted by Crippen LogP contribution is 2.12. The van der Waals surface area contributed by atoms with Gasteiger partial charge in [-0.3, -0.25) is 4.79 Å². The Balaban J connectivity index is 3.33. The number of unbranched alkanes of at least 4 members (excludes halogenated alkanes) is 8. The molecule has 0 aromatic rings. The van der Waals surface area contributed by atoms with Gasteiger partial charge < -0.3 is 11.5 Å². The molecule has 108 valence electrons. The molecule has 0 radical (unpaired) electrons. The molecule has 0 aromatic heterocycles. The number of Topliss-reactive ketones (excluding diaryl/α,β-unsaturated/α-hetero) is 1. The third kappa shape index (κ3) is 8.65. The lowest BCUT2D eigenvalue weighted by Crippen LogP contribution is -2.51. The highest BCUT2D eigenvalue weighted by molar-refractivity contribution is 5.87. The molecule has 3 nitrogen and oxygen atoms in total. The summed E-state index contributed by atoms with van der Waals surface area (Å²) in [7, 11) is 0. The smallest absolute Gasteiger partial charge is 0.153 e. The fourth-order valence-corrected chi connectivity index (χ4v) is 2.00. The van der Waals surface area contributed by atoms with Crippen LogP contribution in [-0.4, -0.2) is 17.9 Å². The van der Waals surface area contributed by atoms with Crippen molar-refractivity contribution in [1.29, 1.82) is 0 Å². The molecule has 0 aromatic carbocycles. The van der Waals surface area contributed by atoms with Crippen molar-refractivity contribution in [3.63, 3.8) is 0 Å². The third-order valence-electron chi connectivity index (χ3n) is 3.57. The molecule has 0 bridgehead atoms. The maximum atomic E-state index is 11.7. The van der Waals surface area contributed by atoms with Gasteiger partial charge in [-0.25, -0.2) is 0 Å². The molecular formula is C15H32N2O. The summed E-state index contributed by atoms with van der Waals surface area (Å²) >= 11 is 0. The van der Waals surface area contributed by atoms with E-state index in [1.165, 1.54) is 44.9 Å². The van der Waals surface area contributed by atoms with Gasteiger partial charge in [-0.05, 0) is 13.3 Å². The first-order valence-corrected chi connectivity index (χ1v) is 7.57. The van der Waals surface area contributed by atoms with Crippen LogP contribution in [0.4, 0.5) is 0 Å². The fourth-order valence-electron chi connectivity index (χ4n) is 2.00. The standard InChI is InChI=1S/C15H32N2O/c1-3-4-5-6-7-8-9-10-11-12-14(18)15(2,17)13-16/h3-13,16-17H2,1-2H3. The van der Waals surface area contributed by atoms with Crippen LogP contribution in [-0.2, 0) is 4.79 Å². The third-order valence-corrected chi connectivity index (χ3v) is 3.57. The second-order valence-corrected chi connectivity index (χ2v) is 5.62. The molecule has 3 heteroatoms. The van der Waals surface area contributed by atoms with Crippen LogP contribution in [0.15, 0.2) is 0 Å². The van der Waals surface area contributed by atoms with Gasteiger partial charge in [0.05, 0.1) is 5.54 Å². The zero-order chi connectivity index (χ0) is 13.9. The van der Waals surface area contributed by atoms with E-state index in [2.05, 4.69) is 6.92 Å². The van der Waals surface area contributed by atoms with E-state index in [-0.39, 0.29) is 12.3 Å². The topological polar surface area (TPSA) is 69.1 Å². The summed E-state index contributed by atoms with van der Waals surface area (Å²) in [6.07, 6.45) is 12.0. The van der Waals surface area contributed by atoms with Crippen LogP contribution in [0, 0.1) is 0 Å². The van der Waals surface area contributed by atoms with Gasteiger partial charge in [-0.15, -0.1) is 0 Å². The molecule has 0 aliphatic rings. The number of hydrogen-bond donors (Lipinski definition) is 2. The minimum absolute atomic E-state index is 0.105. The van der Waals surface area contributed by atoms with E-state index in [0.717, 1.165) is 12.8 Å². The van der Waals surface area contributed by atoms with Crippen LogP contribution < -0.4 is 11.5 Å². The Morgan fingerprint density at radius 3 is 1.83 bits per heavy atom. The van der Waals surface area contributed by atoms with E-state index in [9.17, 15) is 4.79 Å². The predicted octanol–water partition coefficient (Wildman–Crippen LogP) is 3.15. The van der Waals surface area contributed by atoms with E-state index >= 15 is 0 Å². The first-order chi connectivity index (χ1) is 8.54. The Kier molecular flexibility index (Phi) is 10.3. The summed E-state index contributed by atoms with van der Waals surface area (Å²) in [5.74, 6) is 0.105. The van der Waals surface area contributed by atoms with Gasteiger partial charge >= 0.3 is 0 Å². The van der Waals surface area contributed by atoms with Gasteiger partial charge in [0.2, 0.25) is 0 Å². The molecule has 0 heterocycles. The normalized spacial score (nSPS) is 14.4. The summed E-state index contributed by atoms with van der Waals surface area (Å²) in [5, 5.41) is 0. The Bertz CT molecular complexity index is 215. The highest BCUT2D eigenvalue weighted by Gasteiger charge is 2.25. The zero-order valence-corrected chi connectivity index (χ0v) is 12.3. The molecular weight excluding hydrogens is 224 g/mol. The number of ketones is 1. The van der Waals surface area contributed by atoms with E-state index in [1.807, 2.05) is 0 Å². The number of carbonyl (C=O) groups excluding carboxylic acids is 1. The largest absolute Gasteiger partial charge is 0.328 e. The van der Waals surface area contributed by atoms with Gasteiger partial charge in [-0.1, -0.05) is 58.3 Å². The summed E-state index contributed by atoms with van der Waals surface area (Å²) in [6, 6.07) is 0. The average molecular weight is 256 g/mol. The monoisotopic (exact) mass is 256 g/mol. The maximum Gasteiger partial charge on any atom is 0.153 e. The van der Waals surface area contributed by atoms with Crippen molar-refractivity contribution >= 4 is 5.78 Å². The van der Waals surface area contributed by atoms with Crippen molar-refractivity contribution in [1.82, 2.24) is 0 Å². The van der Waals surface area contributed by atoms with E-state index in [1.54, 1.807) is 6.92 Å². The lowest BCUT2D eigenvalue weighted by molar-refractivity contribution is -0.123. The molecule has 0 fully saturated rings. The molecule has 0 aliphatic carbocycles. The van der Waals surface area contributed by atoms with E-state index < -0.39 is 5.54 Å². The molecule has 0 saturated carbocycles. The van der Waals surface area contributed by atoms with E-state index in [4.69, 9.17) is 11.5 Å². The number of hydrogen-bond acceptors (Lipinski definition) is 3. The summed E-state index contributed by atoms with van der Waals surface area (Å²) in [4.78, 5) is 11.7. The first kappa shape index (κ1) is 17.6. The molecule has 0 aliphatic heterocycles. The zero-order valence-electron chi connectivity index (χ0n) is 12.3. The van der Waals surface area contributed by atoms with Crippen molar-refractivity contribution in [2.75, 3.05) is 6.54 Å². The van der Waals surface area contributed by atoms with Gasteiger partial charge in [0, 0.05) is 13.0 Å². The minimum atomic E-state index is -0.819. The predicted molar refractivity (Wildman–Crippen MR) is 78.5 cm³/mol. The molecule has 0 saturated heterocycles. The molecule has 18 heavy (non-hydrogen) atoms. The van der Waals surface area contributed by atoms with Gasteiger partial charge in [-0.2, -0.15) is 0 Å². The van der Waals surface area contributed by atoms with E-state index in [0.29, 0.717) is 6.42 Å². The van der Waals surface area contributed by atoms with Crippen molar-refractivity contribution < 1.29 is 4.79 Å². The first-order valence-electron chi connectivity index (χ1n) is 7.57. The fraction of sp³-hybridized carbons (Fsp3) is 0.933. The van der Waals surface area contributed by atoms with Crippen LogP contribution in [0.3, 0.4) is 0 Å². The number of carbonyl (C=O) groups is 1. The maximum absolute atomic E-state index is 11.7. The molecule has 0 spiro atoms. The lowest BCUT2D eigenvalue weighted by Gasteiger charge is -2.20. The number of rotatable bonds is 12. The second kappa shape index (κ2) is 10.5. The van der Waals surface area contributed by atoms with Crippen LogP contribution >= 0.6 is 0 Å². The van der Waals surface area contributed by atoms with Gasteiger partial charge in [0.1, 0.15) is 0 Å². The molecule has 0 rings (SSSR count). The van der Waals surface area contributed by atoms with Gasteiger partial charge in [0.15, 0.2) is 5.78 Å². The Morgan fingerprint density at radius 2 is 1.39 bits per heavy atom. The molecule has 1 unspecified atom stereocenters. The van der Waals surface area contributed by atoms with Crippen molar-refractivity contribution in [2.45, 2.75) is 83.6 Å². The minimum Gasteiger partial charge on any atom is -0.328 e. The van der Waals surface area contributed by atoms with Crippen molar-refractivity contribution in [3.8, 4) is 0 Å². The number of nitrogens with two attached hydrogens (primary N) is 2. The average Bonchev–Trinajstić information content (AvgIpc) is 2.36. The van der Waals surface area contributed by atoms with Gasteiger partial charge in [0.25, 0.3) is 0 Å². The Hall–Kier alpha value is -0.410. The summed E-state index contributed by atoms with van der Waals surface area (Å²) < 4.78 is 0. The van der Waals surface area contributed by atoms with Crippen LogP contribution in [0.1, 0.15) is 78.1 Å². The Labute approximate surface area is 113 Å². The summed E-state index contributed by atoms with van der Waals surface area (Å²) in [5.41, 5.74) is 10.4. The highest BCUT2D eigenvalue weighted by atomic mass is 16.1. The van der Waals surface area contributed by atoms with Crippen molar-refractivity contribution in [2.24, 2.45) is 11.5 Å². The quantitative estimate of drug-likeness (QED) is 0.527. The summed E-state index contributed by atoms with van der Waals surface area (Å²) in [6.45, 7) is 4.20. The van der Waals surface area contributed by atoms with Crippen LogP contribution in [0.2, 0.25) is 0 Å². The van der Waals surface area contributed by atoms with Crippen molar-refractivity contribution in [3.05, 3.63) is 0 Å². The second-order valence-electron chi connectivity index (χ2n) is 5.62. The van der Waals surface area contributed by atoms with Crippen LogP contribution in [0.5, 0.6) is 0 Å². The lowest BCUT2D eigenvalue weighted by atomic mass is 9.93. The SMILES string of the molecule is CCCCCCCCCCCC(=O)C(C)(N)CN. The molecule has 4 N–H and O–H groups in total. The van der Waals surface area contributed by atoms with Crippen LogP contribution in [0.25, 0.3) is 0 Å².